The molecule has 2 aliphatic heterocycles. The molecular formula is C17H28N2OS. The van der Waals surface area contributed by atoms with E-state index in [-0.39, 0.29) is 0 Å². The second-order valence-electron chi connectivity index (χ2n) is 7.00. The lowest BCUT2D eigenvalue weighted by Gasteiger charge is -2.42. The monoisotopic (exact) mass is 308 g/mol. The summed E-state index contributed by atoms with van der Waals surface area (Å²) in [6.07, 6.45) is 2.66. The van der Waals surface area contributed by atoms with Crippen LogP contribution in [0.3, 0.4) is 0 Å². The largest absolute Gasteiger partial charge is 0.384 e. The summed E-state index contributed by atoms with van der Waals surface area (Å²) < 4.78 is 5.49. The van der Waals surface area contributed by atoms with Gasteiger partial charge in [0.05, 0.1) is 6.61 Å². The summed E-state index contributed by atoms with van der Waals surface area (Å²) in [4.78, 5) is 8.08. The Hall–Kier alpha value is -0.420. The first kappa shape index (κ1) is 15.5. The number of aryl methyl sites for hydroxylation is 1. The Kier molecular flexibility index (Phi) is 4.69. The molecule has 0 aromatic carbocycles. The third kappa shape index (κ3) is 3.34. The van der Waals surface area contributed by atoms with Crippen molar-refractivity contribution in [3.63, 3.8) is 0 Å². The highest BCUT2D eigenvalue weighted by Gasteiger charge is 2.46. The first-order chi connectivity index (χ1) is 10.1. The summed E-state index contributed by atoms with van der Waals surface area (Å²) in [5.74, 6) is 0.721. The Morgan fingerprint density at radius 1 is 1.33 bits per heavy atom. The molecule has 1 atom stereocenters. The van der Waals surface area contributed by atoms with Gasteiger partial charge >= 0.3 is 0 Å². The maximum absolute atomic E-state index is 5.49. The first-order valence-corrected chi connectivity index (χ1v) is 8.88. The van der Waals surface area contributed by atoms with Gasteiger partial charge in [-0.1, -0.05) is 0 Å². The number of ether oxygens (including phenoxy) is 1. The fourth-order valence-corrected chi connectivity index (χ4v) is 5.18. The SMILES string of the molecule is COC[C@H]1CN(C)CC12CCN(Cc1ccc(C)s1)CC2. The average Bonchev–Trinajstić information content (AvgIpc) is 2.98. The van der Waals surface area contributed by atoms with Crippen molar-refractivity contribution in [3.05, 3.63) is 21.9 Å². The van der Waals surface area contributed by atoms with Crippen LogP contribution in [0.15, 0.2) is 12.1 Å². The molecule has 1 aromatic heterocycles. The van der Waals surface area contributed by atoms with Crippen LogP contribution in [0, 0.1) is 18.3 Å². The van der Waals surface area contributed by atoms with E-state index in [1.165, 1.54) is 48.8 Å². The van der Waals surface area contributed by atoms with E-state index in [2.05, 4.69) is 35.9 Å². The first-order valence-electron chi connectivity index (χ1n) is 8.06. The van der Waals surface area contributed by atoms with Crippen molar-refractivity contribution >= 4 is 11.3 Å². The van der Waals surface area contributed by atoms with Crippen LogP contribution in [0.4, 0.5) is 0 Å². The fourth-order valence-electron chi connectivity index (χ4n) is 4.25. The molecule has 0 saturated carbocycles. The number of hydrogen-bond donors (Lipinski definition) is 0. The predicted octanol–water partition coefficient (Wildman–Crippen LogP) is 2.85. The molecule has 3 heterocycles. The van der Waals surface area contributed by atoms with Crippen LogP contribution in [0.5, 0.6) is 0 Å². The Labute approximate surface area is 132 Å². The van der Waals surface area contributed by atoms with Gasteiger partial charge in [-0.05, 0) is 57.5 Å². The van der Waals surface area contributed by atoms with Crippen molar-refractivity contribution in [2.45, 2.75) is 26.3 Å². The highest BCUT2D eigenvalue weighted by molar-refractivity contribution is 7.11. The number of nitrogens with zero attached hydrogens (tertiary/aromatic N) is 2. The zero-order valence-electron chi connectivity index (χ0n) is 13.6. The molecule has 1 aromatic rings. The molecule has 2 fully saturated rings. The Bertz CT molecular complexity index is 465. The minimum atomic E-state index is 0.507. The number of likely N-dealkylation sites (tertiary alicyclic amines) is 2. The molecule has 0 bridgehead atoms. The molecular weight excluding hydrogens is 280 g/mol. The van der Waals surface area contributed by atoms with Crippen molar-refractivity contribution in [2.75, 3.05) is 46.9 Å². The lowest BCUT2D eigenvalue weighted by molar-refractivity contribution is 0.0357. The molecule has 0 unspecified atom stereocenters. The maximum Gasteiger partial charge on any atom is 0.0508 e. The van der Waals surface area contributed by atoms with E-state index in [0.717, 1.165) is 19.1 Å². The molecule has 2 aliphatic rings. The van der Waals surface area contributed by atoms with Crippen LogP contribution in [0.25, 0.3) is 0 Å². The van der Waals surface area contributed by atoms with E-state index in [4.69, 9.17) is 4.74 Å². The smallest absolute Gasteiger partial charge is 0.0508 e. The highest BCUT2D eigenvalue weighted by Crippen LogP contribution is 2.44. The Morgan fingerprint density at radius 3 is 2.71 bits per heavy atom. The van der Waals surface area contributed by atoms with Gasteiger partial charge in [-0.25, -0.2) is 0 Å². The third-order valence-electron chi connectivity index (χ3n) is 5.38. The van der Waals surface area contributed by atoms with Gasteiger partial charge in [0.1, 0.15) is 0 Å². The maximum atomic E-state index is 5.49. The van der Waals surface area contributed by atoms with Gasteiger partial charge in [0.15, 0.2) is 0 Å². The van der Waals surface area contributed by atoms with E-state index >= 15 is 0 Å². The van der Waals surface area contributed by atoms with Crippen LogP contribution >= 0.6 is 11.3 Å². The fraction of sp³-hybridized carbons (Fsp3) is 0.765. The molecule has 3 nitrogen and oxygen atoms in total. The van der Waals surface area contributed by atoms with Crippen molar-refractivity contribution in [2.24, 2.45) is 11.3 Å². The number of methoxy groups -OCH3 is 1. The predicted molar refractivity (Wildman–Crippen MR) is 88.9 cm³/mol. The van der Waals surface area contributed by atoms with Crippen molar-refractivity contribution in [3.8, 4) is 0 Å². The number of hydrogen-bond acceptors (Lipinski definition) is 4. The summed E-state index contributed by atoms with van der Waals surface area (Å²) >= 11 is 1.94. The summed E-state index contributed by atoms with van der Waals surface area (Å²) in [5, 5.41) is 0. The summed E-state index contributed by atoms with van der Waals surface area (Å²) in [6.45, 7) is 9.21. The van der Waals surface area contributed by atoms with Crippen LogP contribution in [-0.2, 0) is 11.3 Å². The van der Waals surface area contributed by atoms with E-state index in [1.54, 1.807) is 0 Å². The molecule has 0 radical (unpaired) electrons. The van der Waals surface area contributed by atoms with Crippen LogP contribution < -0.4 is 0 Å². The second-order valence-corrected chi connectivity index (χ2v) is 8.37. The molecule has 0 aliphatic carbocycles. The summed E-state index contributed by atoms with van der Waals surface area (Å²) in [5.41, 5.74) is 0.507. The van der Waals surface area contributed by atoms with Crippen molar-refractivity contribution in [1.82, 2.24) is 9.80 Å². The molecule has 21 heavy (non-hydrogen) atoms. The van der Waals surface area contributed by atoms with Crippen molar-refractivity contribution < 1.29 is 4.74 Å². The third-order valence-corrected chi connectivity index (χ3v) is 6.36. The van der Waals surface area contributed by atoms with E-state index in [9.17, 15) is 0 Å². The normalized spacial score (nSPS) is 26.7. The standard InChI is InChI=1S/C17H28N2OS/c1-14-4-5-16(21-14)11-19-8-6-17(7-9-19)13-18(2)10-15(17)12-20-3/h4-5,15H,6-13H2,1-3H3/t15-/m1/s1. The number of thiophene rings is 1. The molecule has 1 spiro atoms. The van der Waals surface area contributed by atoms with Gasteiger partial charge in [-0.15, -0.1) is 11.3 Å². The van der Waals surface area contributed by atoms with Gasteiger partial charge in [0, 0.05) is 42.4 Å². The lowest BCUT2D eigenvalue weighted by atomic mass is 9.71. The molecule has 2 saturated heterocycles. The molecule has 118 valence electrons. The van der Waals surface area contributed by atoms with Gasteiger partial charge in [-0.2, -0.15) is 0 Å². The molecule has 4 heteroatoms. The van der Waals surface area contributed by atoms with E-state index in [0.29, 0.717) is 5.41 Å². The Balaban J connectivity index is 1.58. The molecule has 3 rings (SSSR count). The second kappa shape index (κ2) is 6.37. The topological polar surface area (TPSA) is 15.7 Å². The number of rotatable bonds is 4. The van der Waals surface area contributed by atoms with Gasteiger partial charge in [0.25, 0.3) is 0 Å². The van der Waals surface area contributed by atoms with E-state index < -0.39 is 0 Å². The van der Waals surface area contributed by atoms with E-state index in [1.807, 2.05) is 18.4 Å². The quantitative estimate of drug-likeness (QED) is 0.851. The minimum absolute atomic E-state index is 0.507. The Morgan fingerprint density at radius 2 is 2.10 bits per heavy atom. The molecule has 0 N–H and O–H groups in total. The van der Waals surface area contributed by atoms with Crippen LogP contribution in [0.2, 0.25) is 0 Å². The highest BCUT2D eigenvalue weighted by atomic mass is 32.1. The zero-order chi connectivity index (χ0) is 14.9. The minimum Gasteiger partial charge on any atom is -0.384 e. The van der Waals surface area contributed by atoms with Gasteiger partial charge < -0.3 is 9.64 Å². The lowest BCUT2D eigenvalue weighted by Crippen LogP contribution is -2.44. The molecule has 0 amide bonds. The van der Waals surface area contributed by atoms with Gasteiger partial charge in [0.2, 0.25) is 0 Å². The van der Waals surface area contributed by atoms with Crippen LogP contribution in [0.1, 0.15) is 22.6 Å². The number of piperidine rings is 1. The van der Waals surface area contributed by atoms with Crippen LogP contribution in [-0.4, -0.2) is 56.7 Å². The van der Waals surface area contributed by atoms with Gasteiger partial charge in [-0.3, -0.25) is 4.90 Å². The summed E-state index contributed by atoms with van der Waals surface area (Å²) in [7, 11) is 4.11. The average molecular weight is 308 g/mol. The summed E-state index contributed by atoms with van der Waals surface area (Å²) in [6, 6.07) is 4.54. The van der Waals surface area contributed by atoms with Crippen molar-refractivity contribution in [1.29, 1.82) is 0 Å². The zero-order valence-corrected chi connectivity index (χ0v) is 14.4.